The molecule has 9 nitrogen and oxygen atoms in total. The molecule has 0 aliphatic heterocycles. The Morgan fingerprint density at radius 1 is 1.06 bits per heavy atom. The topological polar surface area (TPSA) is 114 Å². The lowest BCUT2D eigenvalue weighted by molar-refractivity contribution is -0.174. The quantitative estimate of drug-likeness (QED) is 0.208. The standard InChI is InChI=1S/C25H34N6O3S/c1-18(2)16-30(31(34)35-20-9-10-21-22(14-20)28-12-11-27-21)17-24(32)23(29-25(33)15-26-3)13-19-7-5-4-6-8-19/h4-12,14,18,23-24,26,32,34H,13,15-17H2,1-3H3,(H,29,33). The number of aliphatic hydroxyl groups excluding tert-OH is 1. The largest absolute Gasteiger partial charge is 0.390 e. The number of hydrogen-bond acceptors (Lipinski definition) is 9. The molecule has 1 heterocycles. The summed E-state index contributed by atoms with van der Waals surface area (Å²) in [7, 11) is 1.70. The molecule has 0 aliphatic carbocycles. The number of aromatic nitrogens is 2. The molecule has 10 heteroatoms. The summed E-state index contributed by atoms with van der Waals surface area (Å²) in [6.45, 7) is 4.88. The van der Waals surface area contributed by atoms with Crippen LogP contribution in [0.1, 0.15) is 19.4 Å². The van der Waals surface area contributed by atoms with Gasteiger partial charge < -0.3 is 15.7 Å². The summed E-state index contributed by atoms with van der Waals surface area (Å²) in [6.07, 6.45) is 2.81. The molecule has 2 aromatic carbocycles. The molecule has 0 bridgehead atoms. The van der Waals surface area contributed by atoms with E-state index in [1.807, 2.05) is 62.4 Å². The number of amides is 1. The summed E-state index contributed by atoms with van der Waals surface area (Å²) in [5.41, 5.74) is 2.51. The minimum Gasteiger partial charge on any atom is -0.390 e. The van der Waals surface area contributed by atoms with Gasteiger partial charge >= 0.3 is 0 Å². The van der Waals surface area contributed by atoms with Crippen LogP contribution >= 0.6 is 11.9 Å². The van der Waals surface area contributed by atoms with Gasteiger partial charge in [0.25, 0.3) is 0 Å². The second-order valence-corrected chi connectivity index (χ2v) is 9.76. The molecule has 0 spiro atoms. The van der Waals surface area contributed by atoms with Crippen LogP contribution in [-0.2, 0) is 11.2 Å². The number of nitrogens with zero attached hydrogens (tertiary/aromatic N) is 4. The summed E-state index contributed by atoms with van der Waals surface area (Å²) < 4.78 is 1.05. The van der Waals surface area contributed by atoms with E-state index in [0.29, 0.717) is 13.0 Å². The first-order valence-electron chi connectivity index (χ1n) is 11.6. The Bertz CT molecular complexity index is 1070. The normalized spacial score (nSPS) is 13.5. The van der Waals surface area contributed by atoms with Crippen molar-refractivity contribution in [3.8, 4) is 0 Å². The van der Waals surface area contributed by atoms with Gasteiger partial charge in [-0.25, -0.2) is 5.01 Å². The van der Waals surface area contributed by atoms with Gasteiger partial charge in [-0.2, -0.15) is 0 Å². The molecule has 35 heavy (non-hydrogen) atoms. The maximum atomic E-state index is 12.3. The molecule has 0 saturated carbocycles. The fourth-order valence-corrected chi connectivity index (χ4v) is 4.43. The van der Waals surface area contributed by atoms with E-state index < -0.39 is 12.1 Å². The van der Waals surface area contributed by atoms with Crippen LogP contribution in [-0.4, -0.2) is 74.6 Å². The van der Waals surface area contributed by atoms with E-state index in [1.165, 1.54) is 0 Å². The molecule has 4 N–H and O–H groups in total. The zero-order valence-electron chi connectivity index (χ0n) is 20.3. The molecular weight excluding hydrogens is 464 g/mol. The number of rotatable bonds is 13. The van der Waals surface area contributed by atoms with Crippen LogP contribution in [0.15, 0.2) is 65.8 Å². The van der Waals surface area contributed by atoms with Crippen LogP contribution in [0.2, 0.25) is 0 Å². The van der Waals surface area contributed by atoms with Crippen LogP contribution in [0.25, 0.3) is 11.0 Å². The molecule has 3 aromatic rings. The van der Waals surface area contributed by atoms with Gasteiger partial charge in [-0.15, -0.1) is 0 Å². The van der Waals surface area contributed by atoms with Crippen molar-refractivity contribution in [2.75, 3.05) is 26.7 Å². The zero-order valence-corrected chi connectivity index (χ0v) is 21.2. The molecule has 0 saturated heterocycles. The Morgan fingerprint density at radius 2 is 1.77 bits per heavy atom. The van der Waals surface area contributed by atoms with Gasteiger partial charge in [0.1, 0.15) is 0 Å². The van der Waals surface area contributed by atoms with Crippen molar-refractivity contribution < 1.29 is 15.1 Å². The van der Waals surface area contributed by atoms with Gasteiger partial charge in [-0.3, -0.25) is 20.0 Å². The van der Waals surface area contributed by atoms with Gasteiger partial charge in [0, 0.05) is 42.3 Å². The number of hydrogen-bond donors (Lipinski definition) is 4. The number of nitrogens with one attached hydrogen (secondary N) is 2. The Hall–Kier alpha value is -2.60. The van der Waals surface area contributed by atoms with Crippen molar-refractivity contribution in [1.29, 1.82) is 0 Å². The molecule has 2 atom stereocenters. The lowest BCUT2D eigenvalue weighted by Gasteiger charge is -2.34. The number of carbonyl (C=O) groups is 1. The summed E-state index contributed by atoms with van der Waals surface area (Å²) in [4.78, 5) is 21.7. The van der Waals surface area contributed by atoms with Crippen molar-refractivity contribution in [3.63, 3.8) is 0 Å². The van der Waals surface area contributed by atoms with Crippen molar-refractivity contribution in [2.24, 2.45) is 5.92 Å². The fourth-order valence-electron chi connectivity index (χ4n) is 3.70. The highest BCUT2D eigenvalue weighted by Crippen LogP contribution is 2.26. The van der Waals surface area contributed by atoms with E-state index in [2.05, 4.69) is 20.6 Å². The van der Waals surface area contributed by atoms with Crippen molar-refractivity contribution in [3.05, 3.63) is 66.5 Å². The molecule has 188 valence electrons. The van der Waals surface area contributed by atoms with Gasteiger partial charge in [-0.1, -0.05) is 48.8 Å². The van der Waals surface area contributed by atoms with E-state index in [0.717, 1.165) is 38.0 Å². The number of likely N-dealkylation sites (N-methyl/N-ethyl adjacent to an activating group) is 1. The predicted molar refractivity (Wildman–Crippen MR) is 137 cm³/mol. The third kappa shape index (κ3) is 8.53. The summed E-state index contributed by atoms with van der Waals surface area (Å²) >= 11 is 1.13. The average Bonchev–Trinajstić information content (AvgIpc) is 2.83. The third-order valence-electron chi connectivity index (χ3n) is 5.29. The maximum absolute atomic E-state index is 12.3. The first-order valence-corrected chi connectivity index (χ1v) is 12.4. The van der Waals surface area contributed by atoms with E-state index >= 15 is 0 Å². The van der Waals surface area contributed by atoms with Gasteiger partial charge in [0.05, 0.1) is 29.7 Å². The van der Waals surface area contributed by atoms with E-state index in [9.17, 15) is 15.1 Å². The molecule has 3 rings (SSSR count). The Kier molecular flexibility index (Phi) is 10.4. The first-order chi connectivity index (χ1) is 16.9. The molecule has 0 aliphatic rings. The average molecular weight is 499 g/mol. The lowest BCUT2D eigenvalue weighted by atomic mass is 10.0. The highest BCUT2D eigenvalue weighted by molar-refractivity contribution is 7.96. The fraction of sp³-hybridized carbons (Fsp3) is 0.400. The summed E-state index contributed by atoms with van der Waals surface area (Å²) in [5.74, 6) is 0.0294. The van der Waals surface area contributed by atoms with Crippen molar-refractivity contribution in [1.82, 2.24) is 30.2 Å². The highest BCUT2D eigenvalue weighted by Gasteiger charge is 2.27. The number of aliphatic hydroxyl groups is 1. The number of carbonyl (C=O) groups excluding carboxylic acids is 1. The Labute approximate surface area is 210 Å². The predicted octanol–water partition coefficient (Wildman–Crippen LogP) is 2.51. The second kappa shape index (κ2) is 13.5. The van der Waals surface area contributed by atoms with Crippen LogP contribution in [0.4, 0.5) is 0 Å². The van der Waals surface area contributed by atoms with Crippen molar-refractivity contribution >= 4 is 28.9 Å². The van der Waals surface area contributed by atoms with Crippen LogP contribution < -0.4 is 10.6 Å². The highest BCUT2D eigenvalue weighted by atomic mass is 32.2. The van der Waals surface area contributed by atoms with E-state index in [1.54, 1.807) is 24.5 Å². The van der Waals surface area contributed by atoms with Crippen molar-refractivity contribution in [2.45, 2.75) is 37.3 Å². The molecule has 0 radical (unpaired) electrons. The van der Waals surface area contributed by atoms with Crippen LogP contribution in [0.5, 0.6) is 0 Å². The van der Waals surface area contributed by atoms with E-state index in [-0.39, 0.29) is 24.9 Å². The number of fused-ring (bicyclic) bond motifs is 1. The number of benzene rings is 2. The molecule has 2 unspecified atom stereocenters. The molecular formula is C25H34N6O3S. The number of hydrazine groups is 1. The van der Waals surface area contributed by atoms with Crippen LogP contribution in [0, 0.1) is 5.92 Å². The summed E-state index contributed by atoms with van der Waals surface area (Å²) in [5, 5.41) is 29.6. The minimum absolute atomic E-state index is 0.131. The summed E-state index contributed by atoms with van der Waals surface area (Å²) in [6, 6.07) is 14.8. The lowest BCUT2D eigenvalue weighted by Crippen LogP contribution is -2.53. The molecule has 1 aromatic heterocycles. The van der Waals surface area contributed by atoms with Gasteiger partial charge in [-0.05, 0) is 43.1 Å². The monoisotopic (exact) mass is 498 g/mol. The Balaban J connectivity index is 1.74. The van der Waals surface area contributed by atoms with Crippen LogP contribution in [0.3, 0.4) is 0 Å². The maximum Gasteiger partial charge on any atom is 0.234 e. The zero-order chi connectivity index (χ0) is 25.2. The SMILES string of the molecule is CNCC(=O)NC(Cc1ccccc1)C(O)CN(CC(C)C)N(O)Sc1ccc2nccnc2c1. The first kappa shape index (κ1) is 27.0. The molecule has 0 fully saturated rings. The minimum atomic E-state index is -0.924. The molecule has 1 amide bonds. The third-order valence-corrected chi connectivity index (χ3v) is 6.15. The Morgan fingerprint density at radius 3 is 2.46 bits per heavy atom. The smallest absolute Gasteiger partial charge is 0.234 e. The van der Waals surface area contributed by atoms with Gasteiger partial charge in [0.15, 0.2) is 0 Å². The second-order valence-electron chi connectivity index (χ2n) is 8.78. The van der Waals surface area contributed by atoms with Gasteiger partial charge in [0.2, 0.25) is 5.91 Å². The van der Waals surface area contributed by atoms with E-state index in [4.69, 9.17) is 0 Å².